The van der Waals surface area contributed by atoms with Crippen LogP contribution in [-0.2, 0) is 0 Å². The molecule has 0 saturated heterocycles. The first-order valence-electron chi connectivity index (χ1n) is 5.57. The third kappa shape index (κ3) is 3.77. The molecular formula is C14H11Cl3O2. The van der Waals surface area contributed by atoms with E-state index in [0.717, 1.165) is 0 Å². The lowest BCUT2D eigenvalue weighted by Gasteiger charge is -2.11. The van der Waals surface area contributed by atoms with Crippen molar-refractivity contribution in [3.8, 4) is 11.5 Å². The van der Waals surface area contributed by atoms with Crippen LogP contribution in [0.5, 0.6) is 11.5 Å². The average molecular weight is 318 g/mol. The zero-order chi connectivity index (χ0) is 13.8. The molecule has 0 radical (unpaired) electrons. The second-order valence-electron chi connectivity index (χ2n) is 3.91. The fraction of sp³-hybridized carbons (Fsp3) is 0.143. The number of ether oxygens (including phenoxy) is 1. The van der Waals surface area contributed by atoms with E-state index in [1.807, 2.05) is 0 Å². The van der Waals surface area contributed by atoms with Crippen molar-refractivity contribution in [2.75, 3.05) is 5.88 Å². The fourth-order valence-corrected chi connectivity index (χ4v) is 2.15. The van der Waals surface area contributed by atoms with E-state index in [-0.39, 0.29) is 5.88 Å². The largest absolute Gasteiger partial charge is 0.457 e. The van der Waals surface area contributed by atoms with Crippen molar-refractivity contribution in [1.82, 2.24) is 0 Å². The van der Waals surface area contributed by atoms with Crippen molar-refractivity contribution in [3.63, 3.8) is 0 Å². The van der Waals surface area contributed by atoms with Crippen LogP contribution in [0.3, 0.4) is 0 Å². The number of hydrogen-bond donors (Lipinski definition) is 1. The van der Waals surface area contributed by atoms with Crippen LogP contribution in [-0.4, -0.2) is 11.0 Å². The molecule has 0 aliphatic carbocycles. The highest BCUT2D eigenvalue weighted by Crippen LogP contribution is 2.30. The van der Waals surface area contributed by atoms with Crippen molar-refractivity contribution < 1.29 is 9.84 Å². The topological polar surface area (TPSA) is 29.5 Å². The standard InChI is InChI=1S/C14H11Cl3O2/c15-8-14(18)12-6-5-11(7-13(12)17)19-10-3-1-9(16)2-4-10/h1-7,14,18H,8H2. The van der Waals surface area contributed by atoms with Gasteiger partial charge < -0.3 is 9.84 Å². The Bertz CT molecular complexity index is 555. The summed E-state index contributed by atoms with van der Waals surface area (Å²) in [5, 5.41) is 10.7. The summed E-state index contributed by atoms with van der Waals surface area (Å²) >= 11 is 17.5. The summed E-state index contributed by atoms with van der Waals surface area (Å²) in [5.74, 6) is 1.33. The Kier molecular flexibility index (Phi) is 4.94. The summed E-state index contributed by atoms with van der Waals surface area (Å²) in [6.45, 7) is 0. The predicted molar refractivity (Wildman–Crippen MR) is 78.7 cm³/mol. The number of halogens is 3. The van der Waals surface area contributed by atoms with Crippen LogP contribution >= 0.6 is 34.8 Å². The van der Waals surface area contributed by atoms with Gasteiger partial charge in [-0.1, -0.05) is 29.3 Å². The molecule has 19 heavy (non-hydrogen) atoms. The lowest BCUT2D eigenvalue weighted by Crippen LogP contribution is -1.99. The Morgan fingerprint density at radius 2 is 1.63 bits per heavy atom. The van der Waals surface area contributed by atoms with E-state index in [1.165, 1.54) is 0 Å². The number of alkyl halides is 1. The van der Waals surface area contributed by atoms with Crippen molar-refractivity contribution in [3.05, 3.63) is 58.1 Å². The minimum Gasteiger partial charge on any atom is -0.457 e. The van der Waals surface area contributed by atoms with Gasteiger partial charge in [0.15, 0.2) is 0 Å². The highest BCUT2D eigenvalue weighted by molar-refractivity contribution is 6.31. The average Bonchev–Trinajstić information content (AvgIpc) is 2.41. The van der Waals surface area contributed by atoms with Crippen LogP contribution < -0.4 is 4.74 Å². The molecule has 0 aliphatic heterocycles. The van der Waals surface area contributed by atoms with Crippen molar-refractivity contribution in [1.29, 1.82) is 0 Å². The Morgan fingerprint density at radius 3 is 2.21 bits per heavy atom. The molecule has 1 N–H and O–H groups in total. The van der Waals surface area contributed by atoms with Gasteiger partial charge in [-0.2, -0.15) is 0 Å². The SMILES string of the molecule is OC(CCl)c1ccc(Oc2ccc(Cl)cc2)cc1Cl. The summed E-state index contributed by atoms with van der Waals surface area (Å²) in [7, 11) is 0. The summed E-state index contributed by atoms with van der Waals surface area (Å²) < 4.78 is 5.62. The van der Waals surface area contributed by atoms with E-state index < -0.39 is 6.10 Å². The molecular weight excluding hydrogens is 307 g/mol. The van der Waals surface area contributed by atoms with Crippen LogP contribution in [0.2, 0.25) is 10.0 Å². The molecule has 0 saturated carbocycles. The van der Waals surface area contributed by atoms with E-state index in [0.29, 0.717) is 27.1 Å². The van der Waals surface area contributed by atoms with Gasteiger partial charge in [0.05, 0.1) is 17.0 Å². The van der Waals surface area contributed by atoms with E-state index >= 15 is 0 Å². The second-order valence-corrected chi connectivity index (χ2v) is 5.06. The molecule has 0 amide bonds. The number of aliphatic hydroxyl groups excluding tert-OH is 1. The number of benzene rings is 2. The van der Waals surface area contributed by atoms with Crippen molar-refractivity contribution in [2.45, 2.75) is 6.10 Å². The van der Waals surface area contributed by atoms with Gasteiger partial charge in [-0.3, -0.25) is 0 Å². The molecule has 2 nitrogen and oxygen atoms in total. The second kappa shape index (κ2) is 6.49. The zero-order valence-electron chi connectivity index (χ0n) is 9.82. The van der Waals surface area contributed by atoms with Gasteiger partial charge in [0, 0.05) is 10.6 Å². The lowest BCUT2D eigenvalue weighted by molar-refractivity contribution is 0.202. The Balaban J connectivity index is 2.18. The van der Waals surface area contributed by atoms with Crippen molar-refractivity contribution >= 4 is 34.8 Å². The Morgan fingerprint density at radius 1 is 1.00 bits per heavy atom. The highest BCUT2D eigenvalue weighted by Gasteiger charge is 2.11. The van der Waals surface area contributed by atoms with E-state index in [9.17, 15) is 5.11 Å². The van der Waals surface area contributed by atoms with E-state index in [1.54, 1.807) is 42.5 Å². The van der Waals surface area contributed by atoms with Gasteiger partial charge in [-0.05, 0) is 36.4 Å². The third-order valence-corrected chi connectivity index (χ3v) is 3.40. The van der Waals surface area contributed by atoms with Crippen molar-refractivity contribution in [2.24, 2.45) is 0 Å². The summed E-state index contributed by atoms with van der Waals surface area (Å²) in [4.78, 5) is 0. The first-order valence-corrected chi connectivity index (χ1v) is 6.86. The van der Waals surface area contributed by atoms with E-state index in [2.05, 4.69) is 0 Å². The molecule has 2 aromatic rings. The molecule has 0 aromatic heterocycles. The quantitative estimate of drug-likeness (QED) is 0.799. The molecule has 2 aromatic carbocycles. The summed E-state index contributed by atoms with van der Waals surface area (Å²) in [6, 6.07) is 12.1. The Labute approximate surface area is 126 Å². The first-order chi connectivity index (χ1) is 9.10. The monoisotopic (exact) mass is 316 g/mol. The Hall–Kier alpha value is -0.930. The molecule has 0 spiro atoms. The van der Waals surface area contributed by atoms with Gasteiger partial charge in [0.2, 0.25) is 0 Å². The van der Waals surface area contributed by atoms with Crippen LogP contribution in [0.1, 0.15) is 11.7 Å². The summed E-state index contributed by atoms with van der Waals surface area (Å²) in [6.07, 6.45) is -0.779. The smallest absolute Gasteiger partial charge is 0.128 e. The molecule has 100 valence electrons. The normalized spacial score (nSPS) is 12.2. The molecule has 5 heteroatoms. The van der Waals surface area contributed by atoms with Gasteiger partial charge in [0.1, 0.15) is 11.5 Å². The molecule has 1 atom stereocenters. The van der Waals surface area contributed by atoms with Gasteiger partial charge in [0.25, 0.3) is 0 Å². The van der Waals surface area contributed by atoms with Crippen LogP contribution in [0, 0.1) is 0 Å². The first kappa shape index (κ1) is 14.5. The number of hydrogen-bond acceptors (Lipinski definition) is 2. The molecule has 0 heterocycles. The summed E-state index contributed by atoms with van der Waals surface area (Å²) in [5.41, 5.74) is 0.583. The van der Waals surface area contributed by atoms with Gasteiger partial charge in [-0.25, -0.2) is 0 Å². The maximum atomic E-state index is 9.65. The van der Waals surface area contributed by atoms with Crippen LogP contribution in [0.4, 0.5) is 0 Å². The predicted octanol–water partition coefficient (Wildman–Crippen LogP) is 5.06. The molecule has 2 rings (SSSR count). The molecule has 0 fully saturated rings. The minimum atomic E-state index is -0.779. The number of rotatable bonds is 4. The van der Waals surface area contributed by atoms with E-state index in [4.69, 9.17) is 39.5 Å². The lowest BCUT2D eigenvalue weighted by atomic mass is 10.1. The highest BCUT2D eigenvalue weighted by atomic mass is 35.5. The van der Waals surface area contributed by atoms with Crippen LogP contribution in [0.25, 0.3) is 0 Å². The zero-order valence-corrected chi connectivity index (χ0v) is 12.1. The minimum absolute atomic E-state index is 0.0944. The molecule has 0 aliphatic rings. The maximum Gasteiger partial charge on any atom is 0.128 e. The molecule has 0 bridgehead atoms. The van der Waals surface area contributed by atoms with Gasteiger partial charge in [-0.15, -0.1) is 11.6 Å². The fourth-order valence-electron chi connectivity index (χ4n) is 1.56. The van der Waals surface area contributed by atoms with Gasteiger partial charge >= 0.3 is 0 Å². The van der Waals surface area contributed by atoms with Crippen LogP contribution in [0.15, 0.2) is 42.5 Å². The third-order valence-electron chi connectivity index (χ3n) is 2.53. The molecule has 1 unspecified atom stereocenters. The number of aliphatic hydroxyl groups is 1. The maximum absolute atomic E-state index is 9.65.